The first-order valence-corrected chi connectivity index (χ1v) is 8.98. The van der Waals surface area contributed by atoms with Gasteiger partial charge in [0, 0.05) is 29.1 Å². The van der Waals surface area contributed by atoms with Crippen LogP contribution in [0.5, 0.6) is 0 Å². The summed E-state index contributed by atoms with van der Waals surface area (Å²) in [5, 5.41) is 0. The van der Waals surface area contributed by atoms with Crippen molar-refractivity contribution in [3.05, 3.63) is 84.2 Å². The van der Waals surface area contributed by atoms with Gasteiger partial charge in [0.1, 0.15) is 5.82 Å². The van der Waals surface area contributed by atoms with Crippen molar-refractivity contribution < 1.29 is 26.3 Å². The van der Waals surface area contributed by atoms with E-state index in [-0.39, 0.29) is 17.1 Å². The third kappa shape index (κ3) is 4.30. The number of rotatable bonds is 3. The van der Waals surface area contributed by atoms with E-state index in [9.17, 15) is 26.3 Å². The van der Waals surface area contributed by atoms with Gasteiger partial charge in [0.25, 0.3) is 0 Å². The van der Waals surface area contributed by atoms with Gasteiger partial charge < -0.3 is 4.98 Å². The van der Waals surface area contributed by atoms with Gasteiger partial charge in [-0.2, -0.15) is 26.3 Å². The number of alkyl halides is 6. The third-order valence-electron chi connectivity index (χ3n) is 4.62. The summed E-state index contributed by atoms with van der Waals surface area (Å²) in [4.78, 5) is 11.4. The molecule has 158 valence electrons. The van der Waals surface area contributed by atoms with E-state index >= 15 is 0 Å². The van der Waals surface area contributed by atoms with Crippen LogP contribution in [0.4, 0.5) is 26.3 Å². The summed E-state index contributed by atoms with van der Waals surface area (Å²) in [5.41, 5.74) is 0.231. The average molecular weight is 433 g/mol. The van der Waals surface area contributed by atoms with Crippen molar-refractivity contribution in [1.82, 2.24) is 15.0 Å². The Kier molecular flexibility index (Phi) is 5.04. The van der Waals surface area contributed by atoms with Crippen LogP contribution in [0.15, 0.2) is 73.1 Å². The summed E-state index contributed by atoms with van der Waals surface area (Å²) in [5.74, 6) is 0.230. The molecule has 0 atom stereocenters. The maximum absolute atomic E-state index is 13.2. The van der Waals surface area contributed by atoms with Gasteiger partial charge in [-0.25, -0.2) is 4.98 Å². The Morgan fingerprint density at radius 1 is 0.645 bits per heavy atom. The van der Waals surface area contributed by atoms with Crippen LogP contribution in [0.1, 0.15) is 11.1 Å². The van der Waals surface area contributed by atoms with Crippen LogP contribution in [0.2, 0.25) is 0 Å². The Morgan fingerprint density at radius 2 is 1.29 bits per heavy atom. The molecule has 0 unspecified atom stereocenters. The molecule has 9 heteroatoms. The molecule has 0 aliphatic carbocycles. The van der Waals surface area contributed by atoms with Crippen LogP contribution in [0, 0.1) is 0 Å². The van der Waals surface area contributed by atoms with E-state index in [0.717, 1.165) is 24.3 Å². The summed E-state index contributed by atoms with van der Waals surface area (Å²) in [6.07, 6.45) is -5.97. The summed E-state index contributed by atoms with van der Waals surface area (Å²) >= 11 is 0. The van der Waals surface area contributed by atoms with Crippen LogP contribution in [0.25, 0.3) is 33.9 Å². The molecule has 1 N–H and O–H groups in total. The lowest BCUT2D eigenvalue weighted by Gasteiger charge is -2.08. The minimum absolute atomic E-state index is 0.219. The van der Waals surface area contributed by atoms with E-state index < -0.39 is 23.5 Å². The number of hydrogen-bond acceptors (Lipinski definition) is 2. The molecule has 2 heterocycles. The number of aromatic amines is 1. The fourth-order valence-electron chi connectivity index (χ4n) is 3.11. The van der Waals surface area contributed by atoms with E-state index in [4.69, 9.17) is 0 Å². The number of hydrogen-bond donors (Lipinski definition) is 1. The van der Waals surface area contributed by atoms with Crippen LogP contribution < -0.4 is 0 Å². The number of nitrogens with zero attached hydrogens (tertiary/aromatic N) is 2. The number of aromatic nitrogens is 3. The van der Waals surface area contributed by atoms with E-state index in [1.165, 1.54) is 36.7 Å². The molecule has 4 aromatic rings. The first-order chi connectivity index (χ1) is 14.6. The molecule has 2 aromatic heterocycles. The quantitative estimate of drug-likeness (QED) is 0.359. The van der Waals surface area contributed by atoms with Crippen molar-refractivity contribution in [1.29, 1.82) is 0 Å². The third-order valence-corrected chi connectivity index (χ3v) is 4.62. The zero-order valence-electron chi connectivity index (χ0n) is 15.6. The maximum Gasteiger partial charge on any atom is 0.416 e. The Bertz CT molecular complexity index is 1190. The van der Waals surface area contributed by atoms with Crippen molar-refractivity contribution >= 4 is 0 Å². The van der Waals surface area contributed by atoms with E-state index in [1.54, 1.807) is 12.1 Å². The first-order valence-electron chi connectivity index (χ1n) is 8.98. The minimum atomic E-state index is -4.53. The van der Waals surface area contributed by atoms with Crippen LogP contribution in [-0.2, 0) is 12.4 Å². The lowest BCUT2D eigenvalue weighted by molar-refractivity contribution is -0.138. The summed E-state index contributed by atoms with van der Waals surface area (Å²) in [6, 6.07) is 12.4. The largest absolute Gasteiger partial charge is 0.416 e. The average Bonchev–Trinajstić information content (AvgIpc) is 3.19. The molecule has 2 aromatic carbocycles. The summed E-state index contributed by atoms with van der Waals surface area (Å²) in [6.45, 7) is 0. The zero-order chi connectivity index (χ0) is 22.2. The van der Waals surface area contributed by atoms with Gasteiger partial charge >= 0.3 is 12.4 Å². The second-order valence-corrected chi connectivity index (χ2v) is 6.70. The number of H-pyrrole nitrogens is 1. The number of pyridine rings is 1. The van der Waals surface area contributed by atoms with Gasteiger partial charge in [0.2, 0.25) is 0 Å². The van der Waals surface area contributed by atoms with Crippen molar-refractivity contribution in [2.75, 3.05) is 0 Å². The van der Waals surface area contributed by atoms with Crippen LogP contribution >= 0.6 is 0 Å². The van der Waals surface area contributed by atoms with Crippen molar-refractivity contribution in [2.45, 2.75) is 12.4 Å². The monoisotopic (exact) mass is 433 g/mol. The number of imidazole rings is 1. The highest BCUT2D eigenvalue weighted by molar-refractivity contribution is 5.81. The highest BCUT2D eigenvalue weighted by Crippen LogP contribution is 2.37. The van der Waals surface area contributed by atoms with Gasteiger partial charge in [-0.15, -0.1) is 0 Å². The molecular formula is C22H13F6N3. The summed E-state index contributed by atoms with van der Waals surface area (Å²) in [7, 11) is 0. The lowest BCUT2D eigenvalue weighted by atomic mass is 10.0. The fraction of sp³-hybridized carbons (Fsp3) is 0.0909. The molecule has 0 bridgehead atoms. The molecule has 0 radical (unpaired) electrons. The molecule has 0 fully saturated rings. The van der Waals surface area contributed by atoms with Crippen LogP contribution in [-0.4, -0.2) is 15.0 Å². The number of halogens is 6. The lowest BCUT2D eigenvalue weighted by Crippen LogP contribution is -2.04. The predicted molar refractivity (Wildman–Crippen MR) is 103 cm³/mol. The van der Waals surface area contributed by atoms with Gasteiger partial charge in [-0.3, -0.25) is 4.98 Å². The molecule has 3 nitrogen and oxygen atoms in total. The van der Waals surface area contributed by atoms with Gasteiger partial charge in [0.15, 0.2) is 0 Å². The topological polar surface area (TPSA) is 41.6 Å². The first kappa shape index (κ1) is 20.6. The van der Waals surface area contributed by atoms with E-state index in [2.05, 4.69) is 15.0 Å². The highest BCUT2D eigenvalue weighted by Gasteiger charge is 2.31. The maximum atomic E-state index is 13.2. The second kappa shape index (κ2) is 7.57. The van der Waals surface area contributed by atoms with Crippen LogP contribution in [0.3, 0.4) is 0 Å². The normalized spacial score (nSPS) is 12.2. The molecular weight excluding hydrogens is 420 g/mol. The smallest absolute Gasteiger partial charge is 0.337 e. The minimum Gasteiger partial charge on any atom is -0.337 e. The molecule has 4 rings (SSSR count). The van der Waals surface area contributed by atoms with Crippen molar-refractivity contribution in [3.63, 3.8) is 0 Å². The van der Waals surface area contributed by atoms with Gasteiger partial charge in [-0.1, -0.05) is 24.3 Å². The Labute approximate surface area is 172 Å². The number of benzene rings is 2. The second-order valence-electron chi connectivity index (χ2n) is 6.70. The molecule has 0 saturated heterocycles. The van der Waals surface area contributed by atoms with Crippen molar-refractivity contribution in [2.24, 2.45) is 0 Å². The van der Waals surface area contributed by atoms with Gasteiger partial charge in [0.05, 0.1) is 22.5 Å². The molecule has 0 aliphatic heterocycles. The van der Waals surface area contributed by atoms with Gasteiger partial charge in [-0.05, 0) is 36.4 Å². The molecule has 0 aliphatic rings. The van der Waals surface area contributed by atoms with Crippen molar-refractivity contribution in [3.8, 4) is 33.9 Å². The zero-order valence-corrected chi connectivity index (χ0v) is 15.6. The van der Waals surface area contributed by atoms with E-state index in [0.29, 0.717) is 16.8 Å². The molecule has 0 saturated carbocycles. The van der Waals surface area contributed by atoms with E-state index in [1.807, 2.05) is 0 Å². The standard InChI is InChI=1S/C22H13F6N3/c23-21(24,25)16-6-4-14(5-7-16)20-30-18(13-8-10-29-11-9-13)19(31-20)15-2-1-3-17(12-15)22(26,27)28/h1-12H,(H,30,31). The summed E-state index contributed by atoms with van der Waals surface area (Å²) < 4.78 is 78.1. The highest BCUT2D eigenvalue weighted by atomic mass is 19.4. The molecule has 0 amide bonds. The Morgan fingerprint density at radius 3 is 1.90 bits per heavy atom. The number of nitrogens with one attached hydrogen (secondary N) is 1. The SMILES string of the molecule is FC(F)(F)c1ccc(-c2nc(-c3cccc(C(F)(F)F)c3)c(-c3ccncc3)[nH]2)cc1. The Balaban J connectivity index is 1.85. The molecule has 31 heavy (non-hydrogen) atoms. The predicted octanol–water partition coefficient (Wildman–Crippen LogP) is 6.84. The Hall–Kier alpha value is -3.62. The fourth-order valence-corrected chi connectivity index (χ4v) is 3.11. The molecule has 0 spiro atoms.